The zero-order valence-corrected chi connectivity index (χ0v) is 17.3. The van der Waals surface area contributed by atoms with Gasteiger partial charge in [-0.05, 0) is 42.0 Å². The smallest absolute Gasteiger partial charge is 0.293 e. The monoisotopic (exact) mass is 454 g/mol. The third-order valence-corrected chi connectivity index (χ3v) is 6.44. The lowest BCUT2D eigenvalue weighted by Gasteiger charge is -2.29. The van der Waals surface area contributed by atoms with Crippen LogP contribution in [0.3, 0.4) is 0 Å². The number of benzene rings is 2. The molecule has 0 bridgehead atoms. The lowest BCUT2D eigenvalue weighted by molar-refractivity contribution is 0.246. The Morgan fingerprint density at radius 3 is 2.44 bits per heavy atom. The summed E-state index contributed by atoms with van der Waals surface area (Å²) in [5.41, 5.74) is 2.45. The predicted molar refractivity (Wildman–Crippen MR) is 115 cm³/mol. The second kappa shape index (κ2) is 7.21. The Morgan fingerprint density at radius 1 is 1.00 bits per heavy atom. The van der Waals surface area contributed by atoms with Crippen molar-refractivity contribution in [1.29, 1.82) is 0 Å². The van der Waals surface area contributed by atoms with Crippen LogP contribution in [0.1, 0.15) is 5.69 Å². The van der Waals surface area contributed by atoms with Crippen molar-refractivity contribution >= 4 is 32.6 Å². The van der Waals surface area contributed by atoms with E-state index in [0.717, 1.165) is 12.1 Å². The van der Waals surface area contributed by atoms with Gasteiger partial charge in [-0.25, -0.2) is 27.1 Å². The molecule has 0 aliphatic carbocycles. The lowest BCUT2D eigenvalue weighted by atomic mass is 10.1. The maximum absolute atomic E-state index is 14.2. The van der Waals surface area contributed by atoms with Gasteiger partial charge >= 0.3 is 6.03 Å². The molecule has 2 aromatic heterocycles. The number of nitrogens with zero attached hydrogens (tertiary/aromatic N) is 3. The van der Waals surface area contributed by atoms with Crippen LogP contribution in [0.2, 0.25) is 0 Å². The summed E-state index contributed by atoms with van der Waals surface area (Å²) in [6.45, 7) is 0.375. The first-order chi connectivity index (χ1) is 15.2. The highest BCUT2D eigenvalue weighted by Crippen LogP contribution is 2.31. The summed E-state index contributed by atoms with van der Waals surface area (Å²) >= 11 is 0. The van der Waals surface area contributed by atoms with Crippen molar-refractivity contribution in [2.45, 2.75) is 11.3 Å². The van der Waals surface area contributed by atoms with Crippen LogP contribution in [-0.4, -0.2) is 30.5 Å². The number of primary sulfonamides is 1. The van der Waals surface area contributed by atoms with E-state index in [1.54, 1.807) is 30.3 Å². The van der Waals surface area contributed by atoms with Gasteiger partial charge in [0.05, 0.1) is 5.52 Å². The summed E-state index contributed by atoms with van der Waals surface area (Å²) in [5, 5.41) is 5.52. The molecule has 5 rings (SSSR count). The fourth-order valence-corrected chi connectivity index (χ4v) is 4.59. The first kappa shape index (κ1) is 20.3. The Hall–Kier alpha value is -3.63. The quantitative estimate of drug-likeness (QED) is 0.511. The minimum absolute atomic E-state index is 0.258. The lowest BCUT2D eigenvalue weighted by Crippen LogP contribution is -2.41. The predicted octanol–water partition coefficient (Wildman–Crippen LogP) is 3.66. The van der Waals surface area contributed by atoms with Gasteiger partial charge in [0.15, 0.2) is 0 Å². The second-order valence-electron chi connectivity index (χ2n) is 7.44. The normalized spacial score (nSPS) is 14.1. The van der Waals surface area contributed by atoms with E-state index >= 15 is 0 Å². The van der Waals surface area contributed by atoms with Crippen molar-refractivity contribution < 1.29 is 22.0 Å². The fraction of sp³-hybridized carbons (Fsp3) is 0.0909. The molecule has 10 heteroatoms. The maximum Gasteiger partial charge on any atom is 0.333 e. The van der Waals surface area contributed by atoms with E-state index in [0.29, 0.717) is 40.9 Å². The standard InChI is InChI=1S/C22H16F2N4O3S/c23-18-5-7-26-12-17(18)13-1-3-15(4-2-13)27-8-6-16-9-14-10-19(24)21(32(25,30)31)11-20(14)28(16)22(27)29/h1-5,7,9-12H,6,8H2,(H2,25,30,31). The van der Waals surface area contributed by atoms with Crippen molar-refractivity contribution in [2.24, 2.45) is 5.14 Å². The summed E-state index contributed by atoms with van der Waals surface area (Å²) in [4.78, 5) is 18.1. The van der Waals surface area contributed by atoms with Crippen molar-refractivity contribution in [3.05, 3.63) is 78.3 Å². The number of aromatic nitrogens is 2. The first-order valence-electron chi connectivity index (χ1n) is 9.62. The number of fused-ring (bicyclic) bond motifs is 3. The number of nitrogens with two attached hydrogens (primary N) is 1. The Labute approximate surface area is 181 Å². The van der Waals surface area contributed by atoms with Crippen LogP contribution in [0.25, 0.3) is 22.0 Å². The van der Waals surface area contributed by atoms with Crippen LogP contribution in [0.4, 0.5) is 19.3 Å². The number of halogens is 2. The molecule has 0 unspecified atom stereocenters. The number of hydrogen-bond acceptors (Lipinski definition) is 4. The van der Waals surface area contributed by atoms with Gasteiger partial charge in [-0.1, -0.05) is 12.1 Å². The number of rotatable bonds is 3. The van der Waals surface area contributed by atoms with Crippen LogP contribution in [0.15, 0.2) is 65.8 Å². The molecule has 1 amide bonds. The number of hydrogen-bond donors (Lipinski definition) is 1. The molecule has 4 aromatic rings. The van der Waals surface area contributed by atoms with Crippen LogP contribution in [0.5, 0.6) is 0 Å². The van der Waals surface area contributed by atoms with Gasteiger partial charge in [-0.2, -0.15) is 0 Å². The first-order valence-corrected chi connectivity index (χ1v) is 11.2. The summed E-state index contributed by atoms with van der Waals surface area (Å²) in [7, 11) is -4.30. The van der Waals surface area contributed by atoms with Gasteiger partial charge in [0.25, 0.3) is 0 Å². The zero-order chi connectivity index (χ0) is 22.6. The summed E-state index contributed by atoms with van der Waals surface area (Å²) in [6, 6.07) is 11.5. The molecule has 162 valence electrons. The molecule has 0 atom stereocenters. The SMILES string of the molecule is NS(=O)(=O)c1cc2c(cc1F)cc1n2C(=O)N(c2ccc(-c3cnccc3F)cc2)CC1. The fourth-order valence-electron chi connectivity index (χ4n) is 3.99. The minimum atomic E-state index is -4.30. The number of amides is 1. The molecule has 2 aromatic carbocycles. The Balaban J connectivity index is 1.55. The van der Waals surface area contributed by atoms with Crippen LogP contribution in [0, 0.1) is 11.6 Å². The van der Waals surface area contributed by atoms with Crippen molar-refractivity contribution in [2.75, 3.05) is 11.4 Å². The van der Waals surface area contributed by atoms with E-state index in [2.05, 4.69) is 4.98 Å². The Kier molecular flexibility index (Phi) is 4.57. The van der Waals surface area contributed by atoms with E-state index in [9.17, 15) is 22.0 Å². The molecule has 0 fully saturated rings. The highest BCUT2D eigenvalue weighted by Gasteiger charge is 2.29. The molecular weight excluding hydrogens is 438 g/mol. The number of carbonyl (C=O) groups excluding carboxylic acids is 1. The summed E-state index contributed by atoms with van der Waals surface area (Å²) in [6.07, 6.45) is 3.27. The number of carbonyl (C=O) groups is 1. The number of sulfonamides is 1. The molecule has 32 heavy (non-hydrogen) atoms. The molecular formula is C22H16F2N4O3S. The third-order valence-electron chi connectivity index (χ3n) is 5.51. The van der Waals surface area contributed by atoms with E-state index in [4.69, 9.17) is 5.14 Å². The molecule has 1 aliphatic heterocycles. The third kappa shape index (κ3) is 3.24. The highest BCUT2D eigenvalue weighted by atomic mass is 32.2. The molecule has 0 radical (unpaired) electrons. The van der Waals surface area contributed by atoms with Gasteiger partial charge < -0.3 is 0 Å². The van der Waals surface area contributed by atoms with Gasteiger partial charge in [-0.15, -0.1) is 0 Å². The van der Waals surface area contributed by atoms with Crippen molar-refractivity contribution in [1.82, 2.24) is 9.55 Å². The molecule has 3 heterocycles. The Bertz CT molecular complexity index is 1500. The molecule has 0 spiro atoms. The Morgan fingerprint density at radius 2 is 1.75 bits per heavy atom. The van der Waals surface area contributed by atoms with Crippen LogP contribution < -0.4 is 10.0 Å². The van der Waals surface area contributed by atoms with E-state index in [1.807, 2.05) is 0 Å². The highest BCUT2D eigenvalue weighted by molar-refractivity contribution is 7.89. The molecule has 0 saturated carbocycles. The van der Waals surface area contributed by atoms with Gasteiger partial charge in [0, 0.05) is 47.7 Å². The largest absolute Gasteiger partial charge is 0.333 e. The zero-order valence-electron chi connectivity index (χ0n) is 16.5. The second-order valence-corrected chi connectivity index (χ2v) is 8.97. The average molecular weight is 454 g/mol. The molecule has 2 N–H and O–H groups in total. The van der Waals surface area contributed by atoms with Crippen LogP contribution >= 0.6 is 0 Å². The maximum atomic E-state index is 14.2. The van der Waals surface area contributed by atoms with Crippen LogP contribution in [-0.2, 0) is 16.4 Å². The van der Waals surface area contributed by atoms with Gasteiger partial charge in [0.2, 0.25) is 10.0 Å². The van der Waals surface area contributed by atoms with E-state index in [1.165, 1.54) is 27.9 Å². The van der Waals surface area contributed by atoms with E-state index < -0.39 is 32.6 Å². The summed E-state index contributed by atoms with van der Waals surface area (Å²) < 4.78 is 53.1. The molecule has 7 nitrogen and oxygen atoms in total. The topological polar surface area (TPSA) is 98.3 Å². The minimum Gasteiger partial charge on any atom is -0.293 e. The summed E-state index contributed by atoms with van der Waals surface area (Å²) in [5.74, 6) is -1.37. The number of pyridine rings is 1. The van der Waals surface area contributed by atoms with Crippen molar-refractivity contribution in [3.63, 3.8) is 0 Å². The number of anilines is 1. The molecule has 1 aliphatic rings. The molecule has 0 saturated heterocycles. The van der Waals surface area contributed by atoms with E-state index in [-0.39, 0.29) is 5.52 Å². The van der Waals surface area contributed by atoms with Gasteiger partial charge in [-0.3, -0.25) is 14.5 Å². The average Bonchev–Trinajstić information content (AvgIpc) is 3.11. The van der Waals surface area contributed by atoms with Crippen molar-refractivity contribution in [3.8, 4) is 11.1 Å². The van der Waals surface area contributed by atoms with Gasteiger partial charge in [0.1, 0.15) is 16.5 Å².